The second-order valence-electron chi connectivity index (χ2n) is 3.27. The van der Waals surface area contributed by atoms with Gasteiger partial charge in [0.1, 0.15) is 0 Å². The van der Waals surface area contributed by atoms with Crippen LogP contribution in [-0.2, 0) is 13.7 Å². The molecular formula is C11H11BrN2O. The summed E-state index contributed by atoms with van der Waals surface area (Å²) < 4.78 is 2.70. The van der Waals surface area contributed by atoms with Gasteiger partial charge in [0, 0.05) is 17.1 Å². The van der Waals surface area contributed by atoms with Crippen LogP contribution in [0.25, 0.3) is 11.1 Å². The van der Waals surface area contributed by atoms with Crippen LogP contribution in [0.5, 0.6) is 0 Å². The minimum atomic E-state index is -0.00678. The summed E-state index contributed by atoms with van der Waals surface area (Å²) >= 11 is 3.49. The molecule has 0 radical (unpaired) electrons. The van der Waals surface area contributed by atoms with Crippen LogP contribution in [0.4, 0.5) is 0 Å². The molecule has 1 aromatic heterocycles. The smallest absolute Gasteiger partial charge is 0.0856 e. The van der Waals surface area contributed by atoms with Gasteiger partial charge in [0.15, 0.2) is 0 Å². The molecule has 3 nitrogen and oxygen atoms in total. The molecule has 2 aromatic rings. The standard InChI is InChI=1S/C11H11BrN2O/c1-14-11(7-15)9(6-13-14)8-4-2-3-5-10(8)12/h2-6,15H,7H2,1H3. The number of aryl methyl sites for hydroxylation is 1. The van der Waals surface area contributed by atoms with Crippen LogP contribution >= 0.6 is 15.9 Å². The number of hydrogen-bond donors (Lipinski definition) is 1. The number of rotatable bonds is 2. The van der Waals surface area contributed by atoms with Crippen LogP contribution in [-0.4, -0.2) is 14.9 Å². The van der Waals surface area contributed by atoms with Gasteiger partial charge in [0.05, 0.1) is 18.5 Å². The highest BCUT2D eigenvalue weighted by atomic mass is 79.9. The highest BCUT2D eigenvalue weighted by Gasteiger charge is 2.11. The van der Waals surface area contributed by atoms with Gasteiger partial charge in [-0.25, -0.2) is 0 Å². The van der Waals surface area contributed by atoms with Crippen molar-refractivity contribution in [1.82, 2.24) is 9.78 Å². The van der Waals surface area contributed by atoms with Gasteiger partial charge >= 0.3 is 0 Å². The van der Waals surface area contributed by atoms with Gasteiger partial charge in [-0.05, 0) is 11.6 Å². The van der Waals surface area contributed by atoms with Crippen molar-refractivity contribution in [3.8, 4) is 11.1 Å². The third-order valence-electron chi connectivity index (χ3n) is 2.38. The molecule has 0 fully saturated rings. The van der Waals surface area contributed by atoms with Gasteiger partial charge in [0.2, 0.25) is 0 Å². The maximum absolute atomic E-state index is 9.26. The largest absolute Gasteiger partial charge is 0.390 e. The quantitative estimate of drug-likeness (QED) is 0.906. The van der Waals surface area contributed by atoms with Crippen LogP contribution in [0.2, 0.25) is 0 Å². The summed E-state index contributed by atoms with van der Waals surface area (Å²) in [5, 5.41) is 13.4. The number of benzene rings is 1. The van der Waals surface area contributed by atoms with E-state index in [2.05, 4.69) is 21.0 Å². The lowest BCUT2D eigenvalue weighted by molar-refractivity contribution is 0.271. The first-order valence-electron chi connectivity index (χ1n) is 4.60. The topological polar surface area (TPSA) is 38.0 Å². The van der Waals surface area contributed by atoms with Crippen LogP contribution < -0.4 is 0 Å². The third kappa shape index (κ3) is 1.82. The number of halogens is 1. The second-order valence-corrected chi connectivity index (χ2v) is 4.12. The van der Waals surface area contributed by atoms with E-state index >= 15 is 0 Å². The maximum atomic E-state index is 9.26. The SMILES string of the molecule is Cn1ncc(-c2ccccc2Br)c1CO. The third-order valence-corrected chi connectivity index (χ3v) is 3.07. The Morgan fingerprint density at radius 3 is 2.73 bits per heavy atom. The first kappa shape index (κ1) is 10.4. The van der Waals surface area contributed by atoms with Gasteiger partial charge in [-0.15, -0.1) is 0 Å². The lowest BCUT2D eigenvalue weighted by Crippen LogP contribution is -1.98. The van der Waals surface area contributed by atoms with Crippen LogP contribution in [0, 0.1) is 0 Å². The average Bonchev–Trinajstić information content (AvgIpc) is 2.60. The van der Waals surface area contributed by atoms with E-state index in [4.69, 9.17) is 0 Å². The molecule has 0 amide bonds. The van der Waals surface area contributed by atoms with E-state index in [0.29, 0.717) is 0 Å². The van der Waals surface area contributed by atoms with Crippen molar-refractivity contribution in [2.24, 2.45) is 7.05 Å². The van der Waals surface area contributed by atoms with Crippen molar-refractivity contribution in [2.75, 3.05) is 0 Å². The molecule has 2 rings (SSSR count). The van der Waals surface area contributed by atoms with Gasteiger partial charge in [0.25, 0.3) is 0 Å². The van der Waals surface area contributed by atoms with Crippen LogP contribution in [0.15, 0.2) is 34.9 Å². The number of hydrogen-bond acceptors (Lipinski definition) is 2. The Morgan fingerprint density at radius 2 is 2.07 bits per heavy atom. The summed E-state index contributed by atoms with van der Waals surface area (Å²) in [5.74, 6) is 0. The second kappa shape index (κ2) is 4.16. The molecule has 15 heavy (non-hydrogen) atoms. The Bertz CT molecular complexity index is 479. The van der Waals surface area contributed by atoms with E-state index in [1.165, 1.54) is 0 Å². The van der Waals surface area contributed by atoms with E-state index in [0.717, 1.165) is 21.3 Å². The summed E-state index contributed by atoms with van der Waals surface area (Å²) in [6.45, 7) is -0.00678. The summed E-state index contributed by atoms with van der Waals surface area (Å²) in [6.07, 6.45) is 1.77. The molecule has 0 aliphatic heterocycles. The van der Waals surface area contributed by atoms with Gasteiger partial charge in [-0.3, -0.25) is 4.68 Å². The van der Waals surface area contributed by atoms with E-state index in [1.807, 2.05) is 31.3 Å². The normalized spacial score (nSPS) is 10.6. The Balaban J connectivity index is 2.59. The van der Waals surface area contributed by atoms with Crippen molar-refractivity contribution in [3.05, 3.63) is 40.6 Å². The zero-order valence-electron chi connectivity index (χ0n) is 8.31. The van der Waals surface area contributed by atoms with Crippen molar-refractivity contribution >= 4 is 15.9 Å². The monoisotopic (exact) mass is 266 g/mol. The van der Waals surface area contributed by atoms with E-state index < -0.39 is 0 Å². The van der Waals surface area contributed by atoms with Crippen LogP contribution in [0.3, 0.4) is 0 Å². The predicted octanol–water partition coefficient (Wildman–Crippen LogP) is 2.34. The van der Waals surface area contributed by atoms with Crippen molar-refractivity contribution < 1.29 is 5.11 Å². The molecule has 78 valence electrons. The molecule has 0 spiro atoms. The summed E-state index contributed by atoms with van der Waals surface area (Å²) in [4.78, 5) is 0. The molecule has 1 aromatic carbocycles. The number of aliphatic hydroxyl groups is 1. The Labute approximate surface area is 96.5 Å². The molecule has 0 saturated heterocycles. The summed E-state index contributed by atoms with van der Waals surface area (Å²) in [7, 11) is 1.83. The predicted molar refractivity (Wildman–Crippen MR) is 62.3 cm³/mol. The molecule has 0 saturated carbocycles. The molecule has 4 heteroatoms. The Hall–Kier alpha value is -1.13. The lowest BCUT2D eigenvalue weighted by atomic mass is 10.1. The van der Waals surface area contributed by atoms with Gasteiger partial charge < -0.3 is 5.11 Å². The molecule has 0 aliphatic carbocycles. The first-order valence-corrected chi connectivity index (χ1v) is 5.40. The first-order chi connectivity index (χ1) is 7.24. The fraction of sp³-hybridized carbons (Fsp3) is 0.182. The summed E-state index contributed by atoms with van der Waals surface area (Å²) in [5.41, 5.74) is 2.84. The van der Waals surface area contributed by atoms with E-state index in [1.54, 1.807) is 10.9 Å². The summed E-state index contributed by atoms with van der Waals surface area (Å²) in [6, 6.07) is 7.90. The molecule has 1 N–H and O–H groups in total. The van der Waals surface area contributed by atoms with Crippen molar-refractivity contribution in [3.63, 3.8) is 0 Å². The van der Waals surface area contributed by atoms with E-state index in [-0.39, 0.29) is 6.61 Å². The molecule has 0 bridgehead atoms. The van der Waals surface area contributed by atoms with Crippen molar-refractivity contribution in [2.45, 2.75) is 6.61 Å². The number of nitrogens with zero attached hydrogens (tertiary/aromatic N) is 2. The number of aliphatic hydroxyl groups excluding tert-OH is 1. The van der Waals surface area contributed by atoms with Crippen LogP contribution in [0.1, 0.15) is 5.69 Å². The van der Waals surface area contributed by atoms with Crippen molar-refractivity contribution in [1.29, 1.82) is 0 Å². The molecule has 0 atom stereocenters. The average molecular weight is 267 g/mol. The molecule has 1 heterocycles. The Kier molecular flexibility index (Phi) is 2.88. The number of aromatic nitrogens is 2. The molecule has 0 unspecified atom stereocenters. The maximum Gasteiger partial charge on any atom is 0.0856 e. The zero-order valence-corrected chi connectivity index (χ0v) is 9.90. The minimum absolute atomic E-state index is 0.00678. The molecular weight excluding hydrogens is 256 g/mol. The van der Waals surface area contributed by atoms with E-state index in [9.17, 15) is 5.11 Å². The van der Waals surface area contributed by atoms with Gasteiger partial charge in [-0.2, -0.15) is 5.10 Å². The Morgan fingerprint density at radius 1 is 1.33 bits per heavy atom. The minimum Gasteiger partial charge on any atom is -0.390 e. The fourth-order valence-corrected chi connectivity index (χ4v) is 2.05. The highest BCUT2D eigenvalue weighted by molar-refractivity contribution is 9.10. The van der Waals surface area contributed by atoms with Gasteiger partial charge in [-0.1, -0.05) is 34.1 Å². The fourth-order valence-electron chi connectivity index (χ4n) is 1.55. The highest BCUT2D eigenvalue weighted by Crippen LogP contribution is 2.30. The lowest BCUT2D eigenvalue weighted by Gasteiger charge is -2.04. The molecule has 0 aliphatic rings. The zero-order chi connectivity index (χ0) is 10.8.